The maximum atomic E-state index is 3.76. The average molecular weight is 494 g/mol. The first-order chi connectivity index (χ1) is 14.0. The Labute approximate surface area is 190 Å². The first-order valence-corrected chi connectivity index (χ1v) is 11.6. The molecule has 0 heterocycles. The van der Waals surface area contributed by atoms with Crippen LogP contribution in [-0.4, -0.2) is 4.43 Å². The highest BCUT2D eigenvalue weighted by Gasteiger charge is 2.37. The Morgan fingerprint density at radius 3 is 2.48 bits per heavy atom. The van der Waals surface area contributed by atoms with Gasteiger partial charge in [0.05, 0.1) is 0 Å². The summed E-state index contributed by atoms with van der Waals surface area (Å²) >= 11 is 2.43. The van der Waals surface area contributed by atoms with Crippen molar-refractivity contribution >= 4 is 34.2 Å². The standard InChI is InChI=1S/C28H31I/c1-6-9-12-22(13-10-7-2)15-16-23-17-18-25-24(14-11-8-3)26(19-20-29)28(4,5)27(25)21-23/h6-19,21H,1,20H2,2-5H3/b10-7-,11-8-,12-9-,16-15+,22-13-,24-14-,26-19+. The van der Waals surface area contributed by atoms with Crippen LogP contribution in [0, 0.1) is 0 Å². The Balaban J connectivity index is 2.50. The van der Waals surface area contributed by atoms with Crippen LogP contribution in [0.2, 0.25) is 0 Å². The highest BCUT2D eigenvalue weighted by Crippen LogP contribution is 2.50. The van der Waals surface area contributed by atoms with Gasteiger partial charge in [0.25, 0.3) is 0 Å². The predicted octanol–water partition coefficient (Wildman–Crippen LogP) is 8.56. The molecule has 1 aromatic carbocycles. The normalized spacial score (nSPS) is 19.6. The molecule has 1 aliphatic rings. The molecule has 29 heavy (non-hydrogen) atoms. The van der Waals surface area contributed by atoms with E-state index in [-0.39, 0.29) is 5.41 Å². The highest BCUT2D eigenvalue weighted by atomic mass is 127. The summed E-state index contributed by atoms with van der Waals surface area (Å²) < 4.78 is 1.01. The van der Waals surface area contributed by atoms with Gasteiger partial charge in [0.1, 0.15) is 0 Å². The monoisotopic (exact) mass is 494 g/mol. The van der Waals surface area contributed by atoms with Gasteiger partial charge in [0.15, 0.2) is 0 Å². The van der Waals surface area contributed by atoms with Crippen LogP contribution < -0.4 is 0 Å². The number of hydrogen-bond donors (Lipinski definition) is 0. The lowest BCUT2D eigenvalue weighted by atomic mass is 9.81. The Kier molecular flexibility index (Phi) is 8.91. The van der Waals surface area contributed by atoms with Gasteiger partial charge in [-0.05, 0) is 47.3 Å². The number of hydrogen-bond acceptors (Lipinski definition) is 0. The summed E-state index contributed by atoms with van der Waals surface area (Å²) in [7, 11) is 0. The van der Waals surface area contributed by atoms with Crippen molar-refractivity contribution in [3.05, 3.63) is 119 Å². The largest absolute Gasteiger partial charge is 0.0991 e. The maximum Gasteiger partial charge on any atom is 0.0182 e. The molecular weight excluding hydrogens is 463 g/mol. The summed E-state index contributed by atoms with van der Waals surface area (Å²) in [5.41, 5.74) is 7.87. The molecule has 0 spiro atoms. The second-order valence-electron chi connectivity index (χ2n) is 7.43. The molecule has 0 radical (unpaired) electrons. The van der Waals surface area contributed by atoms with E-state index in [1.165, 1.54) is 27.8 Å². The van der Waals surface area contributed by atoms with Gasteiger partial charge >= 0.3 is 0 Å². The van der Waals surface area contributed by atoms with Crippen molar-refractivity contribution < 1.29 is 0 Å². The molecule has 0 atom stereocenters. The SMILES string of the molecule is C=C\C=C/C(=C/C=C\C)/C=C/c1ccc2c(c1)C(C)(C)C(=C/CI)/C2=C\C=C/C. The second kappa shape index (κ2) is 11.2. The van der Waals surface area contributed by atoms with Crippen LogP contribution in [0.15, 0.2) is 103 Å². The summed E-state index contributed by atoms with van der Waals surface area (Å²) in [6.45, 7) is 12.5. The van der Waals surface area contributed by atoms with E-state index >= 15 is 0 Å². The van der Waals surface area contributed by atoms with Crippen molar-refractivity contribution in [3.8, 4) is 0 Å². The van der Waals surface area contributed by atoms with E-state index in [1.807, 2.05) is 19.1 Å². The van der Waals surface area contributed by atoms with Crippen LogP contribution >= 0.6 is 22.6 Å². The number of benzene rings is 1. The predicted molar refractivity (Wildman–Crippen MR) is 140 cm³/mol. The molecule has 2 rings (SSSR count). The van der Waals surface area contributed by atoms with Crippen molar-refractivity contribution in [2.24, 2.45) is 0 Å². The molecule has 0 N–H and O–H groups in total. The summed E-state index contributed by atoms with van der Waals surface area (Å²) in [5, 5.41) is 0. The van der Waals surface area contributed by atoms with Gasteiger partial charge in [-0.3, -0.25) is 0 Å². The third-order valence-corrected chi connectivity index (χ3v) is 5.52. The van der Waals surface area contributed by atoms with Gasteiger partial charge in [-0.25, -0.2) is 0 Å². The fraction of sp³-hybridized carbons (Fsp3) is 0.214. The summed E-state index contributed by atoms with van der Waals surface area (Å²) in [6, 6.07) is 6.83. The zero-order valence-electron chi connectivity index (χ0n) is 18.0. The van der Waals surface area contributed by atoms with Gasteiger partial charge < -0.3 is 0 Å². The molecule has 0 bridgehead atoms. The smallest absolute Gasteiger partial charge is 0.0182 e. The van der Waals surface area contributed by atoms with Gasteiger partial charge in [-0.2, -0.15) is 0 Å². The first kappa shape index (κ1) is 23.2. The van der Waals surface area contributed by atoms with E-state index in [1.54, 1.807) is 6.08 Å². The van der Waals surface area contributed by atoms with E-state index in [0.29, 0.717) is 0 Å². The quantitative estimate of drug-likeness (QED) is 0.202. The lowest BCUT2D eigenvalue weighted by Crippen LogP contribution is -2.15. The molecule has 0 aliphatic heterocycles. The molecule has 0 amide bonds. The van der Waals surface area contributed by atoms with Crippen LogP contribution in [-0.2, 0) is 5.41 Å². The second-order valence-corrected chi connectivity index (χ2v) is 8.31. The third kappa shape index (κ3) is 5.70. The van der Waals surface area contributed by atoms with Crippen LogP contribution in [0.25, 0.3) is 11.6 Å². The molecule has 1 heteroatoms. The number of fused-ring (bicyclic) bond motifs is 1. The fourth-order valence-electron chi connectivity index (χ4n) is 3.60. The molecule has 1 aromatic rings. The van der Waals surface area contributed by atoms with E-state index in [0.717, 1.165) is 10.0 Å². The Bertz CT molecular complexity index is 941. The zero-order valence-corrected chi connectivity index (χ0v) is 20.1. The van der Waals surface area contributed by atoms with Crippen molar-refractivity contribution in [2.45, 2.75) is 33.1 Å². The van der Waals surface area contributed by atoms with Gasteiger partial charge in [-0.1, -0.05) is 134 Å². The summed E-state index contributed by atoms with van der Waals surface area (Å²) in [5.74, 6) is 0. The Morgan fingerprint density at radius 1 is 1.07 bits per heavy atom. The van der Waals surface area contributed by atoms with Gasteiger partial charge in [0, 0.05) is 9.84 Å². The lowest BCUT2D eigenvalue weighted by Gasteiger charge is -2.22. The molecular formula is C28H31I. The molecule has 0 unspecified atom stereocenters. The fourth-order valence-corrected chi connectivity index (χ4v) is 4.04. The Hall–Kier alpha value is -2.13. The van der Waals surface area contributed by atoms with Crippen LogP contribution in [0.1, 0.15) is 44.4 Å². The number of alkyl halides is 1. The van der Waals surface area contributed by atoms with Crippen molar-refractivity contribution in [1.82, 2.24) is 0 Å². The van der Waals surface area contributed by atoms with Gasteiger partial charge in [-0.15, -0.1) is 0 Å². The van der Waals surface area contributed by atoms with E-state index < -0.39 is 0 Å². The van der Waals surface area contributed by atoms with Crippen molar-refractivity contribution in [1.29, 1.82) is 0 Å². The van der Waals surface area contributed by atoms with Crippen LogP contribution in [0.5, 0.6) is 0 Å². The summed E-state index contributed by atoms with van der Waals surface area (Å²) in [4.78, 5) is 0. The molecule has 0 saturated carbocycles. The van der Waals surface area contributed by atoms with E-state index in [9.17, 15) is 0 Å². The number of rotatable bonds is 7. The molecule has 150 valence electrons. The third-order valence-electron chi connectivity index (χ3n) is 5.08. The Morgan fingerprint density at radius 2 is 1.83 bits per heavy atom. The molecule has 0 aromatic heterocycles. The molecule has 0 fully saturated rings. The van der Waals surface area contributed by atoms with E-state index in [2.05, 4.69) is 123 Å². The van der Waals surface area contributed by atoms with Crippen LogP contribution in [0.3, 0.4) is 0 Å². The number of halogens is 1. The minimum atomic E-state index is 0.00410. The van der Waals surface area contributed by atoms with Crippen molar-refractivity contribution in [2.75, 3.05) is 4.43 Å². The first-order valence-electron chi connectivity index (χ1n) is 10.0. The molecule has 0 nitrogen and oxygen atoms in total. The van der Waals surface area contributed by atoms with Gasteiger partial charge in [0.2, 0.25) is 0 Å². The zero-order chi connectivity index (χ0) is 21.3. The maximum absolute atomic E-state index is 3.76. The summed E-state index contributed by atoms with van der Waals surface area (Å²) in [6.07, 6.45) is 25.2. The molecule has 1 aliphatic carbocycles. The van der Waals surface area contributed by atoms with E-state index in [4.69, 9.17) is 0 Å². The molecule has 0 saturated heterocycles. The lowest BCUT2D eigenvalue weighted by molar-refractivity contribution is 0.660. The highest BCUT2D eigenvalue weighted by molar-refractivity contribution is 14.1. The number of allylic oxidation sites excluding steroid dienone is 14. The van der Waals surface area contributed by atoms with Crippen molar-refractivity contribution in [3.63, 3.8) is 0 Å². The minimum Gasteiger partial charge on any atom is -0.0991 e. The van der Waals surface area contributed by atoms with Crippen LogP contribution in [0.4, 0.5) is 0 Å². The average Bonchev–Trinajstić information content (AvgIpc) is 2.92. The topological polar surface area (TPSA) is 0 Å². The minimum absolute atomic E-state index is 0.00410.